The van der Waals surface area contributed by atoms with E-state index in [0.29, 0.717) is 0 Å². The largest absolute Gasteiger partial charge is 0.476 e. The molecule has 2 aromatic rings. The Morgan fingerprint density at radius 1 is 1.30 bits per heavy atom. The number of hydrogen-bond donors (Lipinski definition) is 1. The lowest BCUT2D eigenvalue weighted by molar-refractivity contribution is -0.385. The first-order valence-corrected chi connectivity index (χ1v) is 6.09. The first-order valence-electron chi connectivity index (χ1n) is 5.29. The zero-order valence-electron chi connectivity index (χ0n) is 9.82. The van der Waals surface area contributed by atoms with Gasteiger partial charge < -0.3 is 9.84 Å². The van der Waals surface area contributed by atoms with Gasteiger partial charge >= 0.3 is 5.97 Å². The molecule has 20 heavy (non-hydrogen) atoms. The predicted octanol–water partition coefficient (Wildman–Crippen LogP) is 3.24. The number of hydrogen-bond acceptors (Lipinski definition) is 5. The number of carboxylic acid groups (broad SMARTS) is 1. The number of nitro benzene ring substituents is 1. The molecule has 0 atom stereocenters. The molecule has 1 N–H and O–H groups in total. The van der Waals surface area contributed by atoms with Crippen molar-refractivity contribution in [3.05, 3.63) is 56.8 Å². The van der Waals surface area contributed by atoms with Crippen molar-refractivity contribution in [2.45, 2.75) is 0 Å². The van der Waals surface area contributed by atoms with E-state index >= 15 is 0 Å². The summed E-state index contributed by atoms with van der Waals surface area (Å²) in [5, 5.41) is 19.8. The van der Waals surface area contributed by atoms with Crippen molar-refractivity contribution in [2.75, 3.05) is 0 Å². The highest BCUT2D eigenvalue weighted by atomic mass is 79.9. The number of halogens is 1. The Kier molecular flexibility index (Phi) is 3.94. The number of nitrogens with zero attached hydrogens (tertiary/aromatic N) is 2. The Morgan fingerprint density at radius 2 is 2.00 bits per heavy atom. The van der Waals surface area contributed by atoms with Gasteiger partial charge in [-0.05, 0) is 34.1 Å². The highest BCUT2D eigenvalue weighted by molar-refractivity contribution is 9.10. The van der Waals surface area contributed by atoms with Gasteiger partial charge in [-0.3, -0.25) is 10.1 Å². The monoisotopic (exact) mass is 338 g/mol. The highest BCUT2D eigenvalue weighted by Crippen LogP contribution is 2.36. The van der Waals surface area contributed by atoms with Crippen LogP contribution in [0.15, 0.2) is 41.0 Å². The molecule has 0 aliphatic rings. The summed E-state index contributed by atoms with van der Waals surface area (Å²) in [6, 6.07) is 7.15. The molecule has 0 spiro atoms. The summed E-state index contributed by atoms with van der Waals surface area (Å²) < 4.78 is 5.53. The number of nitro groups is 1. The van der Waals surface area contributed by atoms with Crippen molar-refractivity contribution in [2.24, 2.45) is 0 Å². The van der Waals surface area contributed by atoms with Crippen LogP contribution in [-0.2, 0) is 0 Å². The maximum Gasteiger partial charge on any atom is 0.358 e. The van der Waals surface area contributed by atoms with Gasteiger partial charge in [-0.2, -0.15) is 0 Å². The van der Waals surface area contributed by atoms with Gasteiger partial charge in [0.1, 0.15) is 10.2 Å². The molecule has 1 aromatic carbocycles. The van der Waals surface area contributed by atoms with Crippen LogP contribution in [0.25, 0.3) is 0 Å². The summed E-state index contributed by atoms with van der Waals surface area (Å²) in [6.45, 7) is 0. The van der Waals surface area contributed by atoms with Gasteiger partial charge in [0.2, 0.25) is 0 Å². The molecule has 0 unspecified atom stereocenters. The van der Waals surface area contributed by atoms with Gasteiger partial charge in [0, 0.05) is 12.3 Å². The van der Waals surface area contributed by atoms with Crippen molar-refractivity contribution >= 4 is 27.6 Å². The molecule has 0 aliphatic heterocycles. The number of ether oxygens (including phenoxy) is 1. The second-order valence-electron chi connectivity index (χ2n) is 3.60. The predicted molar refractivity (Wildman–Crippen MR) is 72.1 cm³/mol. The van der Waals surface area contributed by atoms with Crippen LogP contribution in [-0.4, -0.2) is 21.0 Å². The van der Waals surface area contributed by atoms with E-state index in [0.717, 1.165) is 0 Å². The molecule has 8 heteroatoms. The number of carbonyl (C=O) groups is 1. The molecule has 0 radical (unpaired) electrons. The summed E-state index contributed by atoms with van der Waals surface area (Å²) in [7, 11) is 0. The van der Waals surface area contributed by atoms with Gasteiger partial charge in [0.15, 0.2) is 11.4 Å². The summed E-state index contributed by atoms with van der Waals surface area (Å²) in [5.74, 6) is -1.11. The molecule has 0 fully saturated rings. The van der Waals surface area contributed by atoms with Gasteiger partial charge in [0.05, 0.1) is 4.92 Å². The zero-order chi connectivity index (χ0) is 14.7. The second-order valence-corrected chi connectivity index (χ2v) is 4.40. The van der Waals surface area contributed by atoms with Crippen molar-refractivity contribution in [1.29, 1.82) is 0 Å². The van der Waals surface area contributed by atoms with Crippen molar-refractivity contribution in [1.82, 2.24) is 4.98 Å². The lowest BCUT2D eigenvalue weighted by Gasteiger charge is -2.09. The quantitative estimate of drug-likeness (QED) is 0.678. The smallest absolute Gasteiger partial charge is 0.358 e. The van der Waals surface area contributed by atoms with E-state index in [1.807, 2.05) is 0 Å². The fourth-order valence-corrected chi connectivity index (χ4v) is 1.96. The maximum atomic E-state index is 11.0. The SMILES string of the molecule is O=C(O)c1ncccc1Oc1cccc([N+](=O)[O-])c1Br. The van der Waals surface area contributed by atoms with Crippen LogP contribution in [0.4, 0.5) is 5.69 Å². The van der Waals surface area contributed by atoms with Crippen LogP contribution in [0.2, 0.25) is 0 Å². The van der Waals surface area contributed by atoms with Crippen molar-refractivity contribution in [3.63, 3.8) is 0 Å². The normalized spacial score (nSPS) is 10.1. The number of carboxylic acids is 1. The van der Waals surface area contributed by atoms with E-state index in [9.17, 15) is 14.9 Å². The third kappa shape index (κ3) is 2.75. The van der Waals surface area contributed by atoms with E-state index in [1.54, 1.807) is 0 Å². The molecule has 102 valence electrons. The van der Waals surface area contributed by atoms with E-state index < -0.39 is 10.9 Å². The molecule has 0 bridgehead atoms. The molecule has 2 rings (SSSR count). The van der Waals surface area contributed by atoms with E-state index in [4.69, 9.17) is 9.84 Å². The Labute approximate surface area is 121 Å². The van der Waals surface area contributed by atoms with Crippen LogP contribution in [0, 0.1) is 10.1 Å². The molecular formula is C12H7BrN2O5. The van der Waals surface area contributed by atoms with Gasteiger partial charge in [-0.25, -0.2) is 9.78 Å². The Hall–Kier alpha value is -2.48. The first kappa shape index (κ1) is 13.9. The number of pyridine rings is 1. The molecule has 0 amide bonds. The van der Waals surface area contributed by atoms with Crippen LogP contribution >= 0.6 is 15.9 Å². The van der Waals surface area contributed by atoms with E-state index in [-0.39, 0.29) is 27.4 Å². The number of rotatable bonds is 4. The van der Waals surface area contributed by atoms with Gasteiger partial charge in [0.25, 0.3) is 5.69 Å². The van der Waals surface area contributed by atoms with Crippen LogP contribution < -0.4 is 4.74 Å². The standard InChI is InChI=1S/C12H7BrN2O5/c13-10-7(15(18)19)3-1-4-8(10)20-9-5-2-6-14-11(9)12(16)17/h1-6H,(H,16,17). The Bertz CT molecular complexity index is 689. The third-order valence-electron chi connectivity index (χ3n) is 2.33. The average molecular weight is 339 g/mol. The molecule has 0 saturated heterocycles. The lowest BCUT2D eigenvalue weighted by Crippen LogP contribution is -2.03. The molecule has 1 aromatic heterocycles. The summed E-state index contributed by atoms with van der Waals surface area (Å²) in [5.41, 5.74) is -0.450. The second kappa shape index (κ2) is 5.66. The average Bonchev–Trinajstić information content (AvgIpc) is 2.41. The summed E-state index contributed by atoms with van der Waals surface area (Å²) in [6.07, 6.45) is 1.32. The lowest BCUT2D eigenvalue weighted by atomic mass is 10.3. The first-order chi connectivity index (χ1) is 9.50. The minimum Gasteiger partial charge on any atom is -0.476 e. The fraction of sp³-hybridized carbons (Fsp3) is 0. The summed E-state index contributed by atoms with van der Waals surface area (Å²) in [4.78, 5) is 24.9. The van der Waals surface area contributed by atoms with Crippen LogP contribution in [0.3, 0.4) is 0 Å². The van der Waals surface area contributed by atoms with E-state index in [2.05, 4.69) is 20.9 Å². The fourth-order valence-electron chi connectivity index (χ4n) is 1.47. The van der Waals surface area contributed by atoms with Gasteiger partial charge in [-0.1, -0.05) is 6.07 Å². The van der Waals surface area contributed by atoms with Crippen LogP contribution in [0.1, 0.15) is 10.5 Å². The maximum absolute atomic E-state index is 11.0. The topological polar surface area (TPSA) is 103 Å². The van der Waals surface area contributed by atoms with E-state index in [1.165, 1.54) is 36.5 Å². The minimum absolute atomic E-state index is 0.00111. The number of aromatic carboxylic acids is 1. The number of benzene rings is 1. The molecule has 0 aliphatic carbocycles. The van der Waals surface area contributed by atoms with Crippen molar-refractivity contribution < 1.29 is 19.6 Å². The third-order valence-corrected chi connectivity index (χ3v) is 3.13. The highest BCUT2D eigenvalue weighted by Gasteiger charge is 2.19. The molecule has 1 heterocycles. The Morgan fingerprint density at radius 3 is 2.65 bits per heavy atom. The molecular weight excluding hydrogens is 332 g/mol. The summed E-state index contributed by atoms with van der Waals surface area (Å²) >= 11 is 3.07. The Balaban J connectivity index is 2.43. The minimum atomic E-state index is -1.25. The molecule has 0 saturated carbocycles. The zero-order valence-corrected chi connectivity index (χ0v) is 11.4. The van der Waals surface area contributed by atoms with Crippen LogP contribution in [0.5, 0.6) is 11.5 Å². The van der Waals surface area contributed by atoms with Gasteiger partial charge in [-0.15, -0.1) is 0 Å². The number of aromatic nitrogens is 1. The molecule has 7 nitrogen and oxygen atoms in total. The van der Waals surface area contributed by atoms with Crippen molar-refractivity contribution in [3.8, 4) is 11.5 Å².